The van der Waals surface area contributed by atoms with Gasteiger partial charge >= 0.3 is 0 Å². The molecule has 2 aliphatic rings. The second-order valence-corrected chi connectivity index (χ2v) is 6.35. The Kier molecular flexibility index (Phi) is 4.26. The van der Waals surface area contributed by atoms with Crippen molar-refractivity contribution in [2.24, 2.45) is 5.41 Å². The minimum Gasteiger partial charge on any atom is -0.381 e. The lowest BCUT2D eigenvalue weighted by Gasteiger charge is -2.28. The second-order valence-electron chi connectivity index (χ2n) is 6.35. The molecule has 1 aliphatic heterocycles. The van der Waals surface area contributed by atoms with Gasteiger partial charge in [0.05, 0.1) is 0 Å². The molecule has 0 amide bonds. The van der Waals surface area contributed by atoms with E-state index in [0.29, 0.717) is 5.41 Å². The monoisotopic (exact) mass is 225 g/mol. The van der Waals surface area contributed by atoms with E-state index in [2.05, 4.69) is 19.2 Å². The Labute approximate surface area is 100 Å². The Bertz CT molecular complexity index is 209. The summed E-state index contributed by atoms with van der Waals surface area (Å²) in [4.78, 5) is 0. The highest BCUT2D eigenvalue weighted by Crippen LogP contribution is 2.34. The Morgan fingerprint density at radius 3 is 2.38 bits per heavy atom. The van der Waals surface area contributed by atoms with Crippen molar-refractivity contribution in [3.05, 3.63) is 0 Å². The van der Waals surface area contributed by atoms with Crippen LogP contribution in [0.4, 0.5) is 0 Å². The quantitative estimate of drug-likeness (QED) is 0.729. The minimum absolute atomic E-state index is 0.576. The normalized spacial score (nSPS) is 32.2. The first-order valence-electron chi connectivity index (χ1n) is 6.99. The first-order valence-corrected chi connectivity index (χ1v) is 6.99. The van der Waals surface area contributed by atoms with Gasteiger partial charge in [0, 0.05) is 25.3 Å². The Morgan fingerprint density at radius 1 is 0.938 bits per heavy atom. The SMILES string of the molecule is CC1(C)CCCC(NC2CCOCC2)CC1. The van der Waals surface area contributed by atoms with E-state index >= 15 is 0 Å². The fourth-order valence-corrected chi connectivity index (χ4v) is 3.03. The maximum absolute atomic E-state index is 5.41. The molecular formula is C14H27NO. The van der Waals surface area contributed by atoms with Crippen LogP contribution in [0.3, 0.4) is 0 Å². The van der Waals surface area contributed by atoms with E-state index in [4.69, 9.17) is 4.74 Å². The highest BCUT2D eigenvalue weighted by molar-refractivity contribution is 4.82. The molecule has 0 radical (unpaired) electrons. The zero-order valence-electron chi connectivity index (χ0n) is 10.9. The van der Waals surface area contributed by atoms with Crippen LogP contribution in [-0.4, -0.2) is 25.3 Å². The molecule has 2 rings (SSSR count). The number of rotatable bonds is 2. The lowest BCUT2D eigenvalue weighted by Crippen LogP contribution is -2.41. The zero-order valence-corrected chi connectivity index (χ0v) is 10.9. The predicted octanol–water partition coefficient (Wildman–Crippen LogP) is 3.11. The van der Waals surface area contributed by atoms with Crippen molar-refractivity contribution in [3.8, 4) is 0 Å². The minimum atomic E-state index is 0.576. The summed E-state index contributed by atoms with van der Waals surface area (Å²) in [6, 6.07) is 1.49. The second kappa shape index (κ2) is 5.50. The number of hydrogen-bond acceptors (Lipinski definition) is 2. The molecule has 1 aliphatic carbocycles. The van der Waals surface area contributed by atoms with Crippen molar-refractivity contribution in [3.63, 3.8) is 0 Å². The number of hydrogen-bond donors (Lipinski definition) is 1. The van der Waals surface area contributed by atoms with E-state index in [-0.39, 0.29) is 0 Å². The number of nitrogens with one attached hydrogen (secondary N) is 1. The van der Waals surface area contributed by atoms with Crippen molar-refractivity contribution in [1.82, 2.24) is 5.32 Å². The summed E-state index contributed by atoms with van der Waals surface area (Å²) in [5.74, 6) is 0. The Morgan fingerprint density at radius 2 is 1.62 bits per heavy atom. The summed E-state index contributed by atoms with van der Waals surface area (Å²) in [6.07, 6.45) is 9.34. The van der Waals surface area contributed by atoms with Gasteiger partial charge in [0.1, 0.15) is 0 Å². The molecule has 1 unspecified atom stereocenters. The van der Waals surface area contributed by atoms with E-state index in [1.54, 1.807) is 0 Å². The topological polar surface area (TPSA) is 21.3 Å². The van der Waals surface area contributed by atoms with Crippen LogP contribution in [0.2, 0.25) is 0 Å². The van der Waals surface area contributed by atoms with Crippen LogP contribution < -0.4 is 5.32 Å². The molecule has 1 saturated heterocycles. The third-order valence-electron chi connectivity index (χ3n) is 4.27. The van der Waals surface area contributed by atoms with E-state index in [0.717, 1.165) is 25.3 Å². The molecule has 1 saturated carbocycles. The van der Waals surface area contributed by atoms with Crippen molar-refractivity contribution >= 4 is 0 Å². The van der Waals surface area contributed by atoms with Gasteiger partial charge in [-0.1, -0.05) is 20.3 Å². The maximum Gasteiger partial charge on any atom is 0.0480 e. The fourth-order valence-electron chi connectivity index (χ4n) is 3.03. The van der Waals surface area contributed by atoms with Gasteiger partial charge in [0.25, 0.3) is 0 Å². The van der Waals surface area contributed by atoms with Gasteiger partial charge in [-0.2, -0.15) is 0 Å². The van der Waals surface area contributed by atoms with Gasteiger partial charge in [-0.25, -0.2) is 0 Å². The van der Waals surface area contributed by atoms with Gasteiger partial charge in [-0.3, -0.25) is 0 Å². The summed E-state index contributed by atoms with van der Waals surface area (Å²) in [5.41, 5.74) is 0.576. The molecule has 0 aromatic rings. The molecule has 1 N–H and O–H groups in total. The summed E-state index contributed by atoms with van der Waals surface area (Å²) in [7, 11) is 0. The molecule has 0 spiro atoms. The van der Waals surface area contributed by atoms with Crippen molar-refractivity contribution in [2.45, 2.75) is 70.9 Å². The molecule has 2 nitrogen and oxygen atoms in total. The zero-order chi connectivity index (χ0) is 11.4. The molecule has 94 valence electrons. The summed E-state index contributed by atoms with van der Waals surface area (Å²) in [6.45, 7) is 6.75. The molecule has 1 heterocycles. The van der Waals surface area contributed by atoms with Crippen molar-refractivity contribution in [1.29, 1.82) is 0 Å². The molecule has 0 bridgehead atoms. The van der Waals surface area contributed by atoms with Gasteiger partial charge in [-0.15, -0.1) is 0 Å². The molecule has 0 aromatic heterocycles. The summed E-state index contributed by atoms with van der Waals surface area (Å²) in [5, 5.41) is 3.86. The first kappa shape index (κ1) is 12.4. The molecule has 16 heavy (non-hydrogen) atoms. The third-order valence-corrected chi connectivity index (χ3v) is 4.27. The average molecular weight is 225 g/mol. The van der Waals surface area contributed by atoms with Gasteiger partial charge in [-0.05, 0) is 43.9 Å². The highest BCUT2D eigenvalue weighted by Gasteiger charge is 2.25. The molecule has 1 atom stereocenters. The molecule has 2 fully saturated rings. The van der Waals surface area contributed by atoms with Crippen LogP contribution in [0.15, 0.2) is 0 Å². The van der Waals surface area contributed by atoms with E-state index < -0.39 is 0 Å². The Balaban J connectivity index is 1.76. The summed E-state index contributed by atoms with van der Waals surface area (Å²) < 4.78 is 5.41. The van der Waals surface area contributed by atoms with Crippen LogP contribution in [-0.2, 0) is 4.74 Å². The predicted molar refractivity (Wildman–Crippen MR) is 67.6 cm³/mol. The number of ether oxygens (including phenoxy) is 1. The summed E-state index contributed by atoms with van der Waals surface area (Å²) >= 11 is 0. The van der Waals surface area contributed by atoms with Crippen LogP contribution >= 0.6 is 0 Å². The lowest BCUT2D eigenvalue weighted by molar-refractivity contribution is 0.0741. The molecule has 0 aromatic carbocycles. The van der Waals surface area contributed by atoms with Gasteiger partial charge in [0.2, 0.25) is 0 Å². The van der Waals surface area contributed by atoms with Gasteiger partial charge < -0.3 is 10.1 Å². The van der Waals surface area contributed by atoms with Crippen LogP contribution in [0.25, 0.3) is 0 Å². The lowest BCUT2D eigenvalue weighted by atomic mass is 9.85. The van der Waals surface area contributed by atoms with E-state index in [1.807, 2.05) is 0 Å². The van der Waals surface area contributed by atoms with Gasteiger partial charge in [0.15, 0.2) is 0 Å². The highest BCUT2D eigenvalue weighted by atomic mass is 16.5. The van der Waals surface area contributed by atoms with E-state index in [9.17, 15) is 0 Å². The third kappa shape index (κ3) is 3.74. The maximum atomic E-state index is 5.41. The largest absolute Gasteiger partial charge is 0.381 e. The first-order chi connectivity index (χ1) is 7.66. The Hall–Kier alpha value is -0.0800. The smallest absolute Gasteiger partial charge is 0.0480 e. The van der Waals surface area contributed by atoms with E-state index in [1.165, 1.54) is 44.9 Å². The van der Waals surface area contributed by atoms with Crippen LogP contribution in [0.5, 0.6) is 0 Å². The van der Waals surface area contributed by atoms with Crippen molar-refractivity contribution < 1.29 is 4.74 Å². The average Bonchev–Trinajstić information content (AvgIpc) is 2.42. The fraction of sp³-hybridized carbons (Fsp3) is 1.00. The molecule has 2 heteroatoms. The van der Waals surface area contributed by atoms with Crippen molar-refractivity contribution in [2.75, 3.05) is 13.2 Å². The molecular weight excluding hydrogens is 198 g/mol. The van der Waals surface area contributed by atoms with Crippen LogP contribution in [0.1, 0.15) is 58.8 Å². The van der Waals surface area contributed by atoms with Crippen LogP contribution in [0, 0.1) is 5.41 Å². The standard InChI is InChI=1S/C14H27NO/c1-14(2)8-3-4-12(5-9-14)15-13-6-10-16-11-7-13/h12-13,15H,3-11H2,1-2H3.